The van der Waals surface area contributed by atoms with E-state index in [9.17, 15) is 8.42 Å². The molecule has 0 amide bonds. The first-order valence-electron chi connectivity index (χ1n) is 8.31. The zero-order valence-electron chi connectivity index (χ0n) is 15.7. The summed E-state index contributed by atoms with van der Waals surface area (Å²) in [7, 11) is 1.32. The predicted molar refractivity (Wildman–Crippen MR) is 115 cm³/mol. The molecule has 144 valence electrons. The van der Waals surface area contributed by atoms with Gasteiger partial charge in [0.15, 0.2) is 5.96 Å². The lowest BCUT2D eigenvalue weighted by Gasteiger charge is -2.18. The fourth-order valence-electron chi connectivity index (χ4n) is 2.32. The summed E-state index contributed by atoms with van der Waals surface area (Å²) in [5.41, 5.74) is 0.719. The van der Waals surface area contributed by atoms with Crippen molar-refractivity contribution in [2.75, 3.05) is 27.7 Å². The van der Waals surface area contributed by atoms with E-state index in [4.69, 9.17) is 0 Å². The van der Waals surface area contributed by atoms with Crippen molar-refractivity contribution in [1.29, 1.82) is 0 Å². The summed E-state index contributed by atoms with van der Waals surface area (Å²) in [6, 6.07) is 7.02. The van der Waals surface area contributed by atoms with Crippen LogP contribution in [0, 0.1) is 5.92 Å². The molecule has 0 unspecified atom stereocenters. The van der Waals surface area contributed by atoms with E-state index < -0.39 is 10.0 Å². The third-order valence-corrected chi connectivity index (χ3v) is 6.03. The highest BCUT2D eigenvalue weighted by molar-refractivity contribution is 14.0. The summed E-state index contributed by atoms with van der Waals surface area (Å²) < 4.78 is 26.1. The second kappa shape index (κ2) is 11.7. The molecule has 0 aliphatic heterocycles. The summed E-state index contributed by atoms with van der Waals surface area (Å²) >= 11 is 0. The van der Waals surface area contributed by atoms with Gasteiger partial charge in [0.2, 0.25) is 10.0 Å². The lowest BCUT2D eigenvalue weighted by atomic mass is 10.0. The number of nitrogens with one attached hydrogen (secondary N) is 2. The second-order valence-electron chi connectivity index (χ2n) is 5.88. The average Bonchev–Trinajstić information content (AvgIpc) is 2.58. The van der Waals surface area contributed by atoms with Crippen LogP contribution < -0.4 is 10.6 Å². The van der Waals surface area contributed by atoms with Crippen LogP contribution in [-0.4, -0.2) is 46.4 Å². The first-order chi connectivity index (χ1) is 11.4. The van der Waals surface area contributed by atoms with Gasteiger partial charge < -0.3 is 10.6 Å². The molecule has 0 aromatic heterocycles. The highest BCUT2D eigenvalue weighted by atomic mass is 127. The smallest absolute Gasteiger partial charge is 0.242 e. The molecule has 0 radical (unpaired) electrons. The minimum absolute atomic E-state index is 0. The molecule has 0 heterocycles. The Balaban J connectivity index is 0.00000576. The highest BCUT2D eigenvalue weighted by Crippen LogP contribution is 2.18. The third-order valence-electron chi connectivity index (χ3n) is 4.11. The normalized spacial score (nSPS) is 12.2. The zero-order chi connectivity index (χ0) is 18.2. The van der Waals surface area contributed by atoms with E-state index in [2.05, 4.69) is 29.5 Å². The van der Waals surface area contributed by atoms with Crippen molar-refractivity contribution in [1.82, 2.24) is 14.9 Å². The standard InChI is InChI=1S/C17H30N4O2S.HI/c1-6-14(7-2)12-19-17(18-3)20-13-15-10-8-9-11-16(15)24(22,23)21(4)5;/h8-11,14H,6-7,12-13H2,1-5H3,(H2,18,19,20);1H. The number of sulfonamides is 1. The SMILES string of the molecule is CCC(CC)CNC(=NC)NCc1ccccc1S(=O)(=O)N(C)C.I. The molecule has 0 aliphatic rings. The number of halogens is 1. The van der Waals surface area contributed by atoms with E-state index in [0.29, 0.717) is 23.3 Å². The zero-order valence-corrected chi connectivity index (χ0v) is 18.9. The molecule has 25 heavy (non-hydrogen) atoms. The van der Waals surface area contributed by atoms with Crippen LogP contribution in [0.1, 0.15) is 32.3 Å². The summed E-state index contributed by atoms with van der Waals surface area (Å²) in [5.74, 6) is 1.28. The Kier molecular flexibility index (Phi) is 11.3. The van der Waals surface area contributed by atoms with Gasteiger partial charge in [-0.05, 0) is 17.5 Å². The van der Waals surface area contributed by atoms with Crippen LogP contribution in [0.4, 0.5) is 0 Å². The summed E-state index contributed by atoms with van der Waals surface area (Å²) in [4.78, 5) is 4.52. The van der Waals surface area contributed by atoms with Crippen LogP contribution in [0.5, 0.6) is 0 Å². The summed E-state index contributed by atoms with van der Waals surface area (Å²) in [6.07, 6.45) is 2.23. The van der Waals surface area contributed by atoms with Gasteiger partial charge in [0.25, 0.3) is 0 Å². The molecule has 2 N–H and O–H groups in total. The van der Waals surface area contributed by atoms with Gasteiger partial charge in [0.1, 0.15) is 0 Å². The minimum atomic E-state index is -3.46. The van der Waals surface area contributed by atoms with E-state index in [1.807, 2.05) is 12.1 Å². The Morgan fingerprint density at radius 3 is 2.28 bits per heavy atom. The van der Waals surface area contributed by atoms with Gasteiger partial charge in [0, 0.05) is 34.2 Å². The number of nitrogens with zero attached hydrogens (tertiary/aromatic N) is 2. The Hall–Kier alpha value is -0.870. The predicted octanol–water partition coefficient (Wildman–Crippen LogP) is 2.66. The molecule has 1 aromatic rings. The van der Waals surface area contributed by atoms with Gasteiger partial charge in [-0.1, -0.05) is 44.9 Å². The Labute approximate surface area is 169 Å². The maximum atomic E-state index is 12.4. The Morgan fingerprint density at radius 2 is 1.76 bits per heavy atom. The number of guanidine groups is 1. The third kappa shape index (κ3) is 7.10. The van der Waals surface area contributed by atoms with Crippen LogP contribution >= 0.6 is 24.0 Å². The highest BCUT2D eigenvalue weighted by Gasteiger charge is 2.20. The second-order valence-corrected chi connectivity index (χ2v) is 8.00. The van der Waals surface area contributed by atoms with Crippen LogP contribution in [0.2, 0.25) is 0 Å². The molecule has 0 aliphatic carbocycles. The van der Waals surface area contributed by atoms with E-state index in [1.54, 1.807) is 19.2 Å². The summed E-state index contributed by atoms with van der Waals surface area (Å²) in [6.45, 7) is 5.60. The maximum absolute atomic E-state index is 12.4. The van der Waals surface area contributed by atoms with Gasteiger partial charge in [-0.25, -0.2) is 12.7 Å². The summed E-state index contributed by atoms with van der Waals surface area (Å²) in [5, 5.41) is 6.50. The number of benzene rings is 1. The Morgan fingerprint density at radius 1 is 1.16 bits per heavy atom. The van der Waals surface area contributed by atoms with Crippen molar-refractivity contribution in [3.05, 3.63) is 29.8 Å². The molecule has 0 fully saturated rings. The first kappa shape index (κ1) is 24.1. The molecule has 6 nitrogen and oxygen atoms in total. The van der Waals surface area contributed by atoms with Gasteiger partial charge in [-0.2, -0.15) is 0 Å². The molecular weight excluding hydrogens is 451 g/mol. The molecule has 0 spiro atoms. The van der Waals surface area contributed by atoms with E-state index in [-0.39, 0.29) is 24.0 Å². The van der Waals surface area contributed by atoms with Crippen LogP contribution in [0.3, 0.4) is 0 Å². The van der Waals surface area contributed by atoms with Crippen molar-refractivity contribution >= 4 is 40.0 Å². The lowest BCUT2D eigenvalue weighted by Crippen LogP contribution is -2.39. The van der Waals surface area contributed by atoms with Gasteiger partial charge in [0.05, 0.1) is 4.90 Å². The van der Waals surface area contributed by atoms with E-state index in [0.717, 1.165) is 24.9 Å². The maximum Gasteiger partial charge on any atom is 0.242 e. The molecule has 0 bridgehead atoms. The van der Waals surface area contributed by atoms with E-state index >= 15 is 0 Å². The van der Waals surface area contributed by atoms with Crippen LogP contribution in [0.15, 0.2) is 34.2 Å². The number of aliphatic imine (C=N–C) groups is 1. The van der Waals surface area contributed by atoms with Crippen molar-refractivity contribution in [2.45, 2.75) is 38.1 Å². The quantitative estimate of drug-likeness (QED) is 0.340. The Bertz CT molecular complexity index is 644. The fraction of sp³-hybridized carbons (Fsp3) is 0.588. The monoisotopic (exact) mass is 482 g/mol. The fourth-order valence-corrected chi connectivity index (χ4v) is 3.43. The molecule has 8 heteroatoms. The molecule has 1 rings (SSSR count). The van der Waals surface area contributed by atoms with Crippen molar-refractivity contribution < 1.29 is 8.42 Å². The van der Waals surface area contributed by atoms with Crippen LogP contribution in [-0.2, 0) is 16.6 Å². The van der Waals surface area contributed by atoms with E-state index in [1.165, 1.54) is 18.4 Å². The minimum Gasteiger partial charge on any atom is -0.356 e. The topological polar surface area (TPSA) is 73.8 Å². The van der Waals surface area contributed by atoms with Gasteiger partial charge in [-0.15, -0.1) is 24.0 Å². The molecule has 0 saturated heterocycles. The van der Waals surface area contributed by atoms with Gasteiger partial charge in [-0.3, -0.25) is 4.99 Å². The lowest BCUT2D eigenvalue weighted by molar-refractivity contribution is 0.481. The van der Waals surface area contributed by atoms with Gasteiger partial charge >= 0.3 is 0 Å². The van der Waals surface area contributed by atoms with Crippen molar-refractivity contribution in [3.63, 3.8) is 0 Å². The molecule has 1 aromatic carbocycles. The number of hydrogen-bond acceptors (Lipinski definition) is 3. The number of rotatable bonds is 8. The van der Waals surface area contributed by atoms with Crippen LogP contribution in [0.25, 0.3) is 0 Å². The average molecular weight is 482 g/mol. The van der Waals surface area contributed by atoms with Crippen molar-refractivity contribution in [3.8, 4) is 0 Å². The molecule has 0 saturated carbocycles. The number of hydrogen-bond donors (Lipinski definition) is 2. The van der Waals surface area contributed by atoms with Crippen molar-refractivity contribution in [2.24, 2.45) is 10.9 Å². The molecule has 0 atom stereocenters. The molecular formula is C17H31IN4O2S. The first-order valence-corrected chi connectivity index (χ1v) is 9.75. The largest absolute Gasteiger partial charge is 0.356 e.